The molecule has 0 aliphatic heterocycles. The van der Waals surface area contributed by atoms with Gasteiger partial charge in [0.2, 0.25) is 0 Å². The summed E-state index contributed by atoms with van der Waals surface area (Å²) in [4.78, 5) is 27.9. The molecule has 0 heterocycles. The van der Waals surface area contributed by atoms with E-state index in [1.807, 2.05) is 49.6 Å². The highest BCUT2D eigenvalue weighted by Crippen LogP contribution is 2.31. The second-order valence-corrected chi connectivity index (χ2v) is 11.5. The Hall–Kier alpha value is -3.09. The van der Waals surface area contributed by atoms with E-state index in [1.165, 1.54) is 37.7 Å². The van der Waals surface area contributed by atoms with Crippen LogP contribution in [0.1, 0.15) is 65.6 Å². The van der Waals surface area contributed by atoms with E-state index in [2.05, 4.69) is 46.6 Å². The van der Waals surface area contributed by atoms with Crippen molar-refractivity contribution in [3.63, 3.8) is 0 Å². The molecule has 5 nitrogen and oxygen atoms in total. The number of aryl methyl sites for hydroxylation is 1. The molecule has 3 aromatic rings. The molecule has 6 heteroatoms. The molecule has 0 saturated heterocycles. The molecular weight excluding hydrogens is 504 g/mol. The van der Waals surface area contributed by atoms with Gasteiger partial charge in [-0.25, -0.2) is 4.79 Å². The van der Waals surface area contributed by atoms with E-state index in [1.54, 1.807) is 11.8 Å². The van der Waals surface area contributed by atoms with Gasteiger partial charge < -0.3 is 10.4 Å². The quantitative estimate of drug-likeness (QED) is 0.259. The highest BCUT2D eigenvalue weighted by Gasteiger charge is 2.25. The number of carboxylic acid groups (broad SMARTS) is 1. The molecule has 2 N–H and O–H groups in total. The van der Waals surface area contributed by atoms with E-state index in [9.17, 15) is 14.7 Å². The number of nitrogens with zero attached hydrogens (tertiary/aromatic N) is 1. The van der Waals surface area contributed by atoms with Crippen LogP contribution in [-0.4, -0.2) is 46.0 Å². The van der Waals surface area contributed by atoms with Gasteiger partial charge in [-0.1, -0.05) is 79.9 Å². The molecule has 39 heavy (non-hydrogen) atoms. The van der Waals surface area contributed by atoms with Crippen LogP contribution in [-0.2, 0) is 17.9 Å². The number of carbonyl (C=O) groups excluding carboxylic acids is 1. The summed E-state index contributed by atoms with van der Waals surface area (Å²) < 4.78 is 0. The van der Waals surface area contributed by atoms with Gasteiger partial charge in [-0.3, -0.25) is 9.69 Å². The number of carbonyl (C=O) groups is 2. The molecule has 0 radical (unpaired) electrons. The predicted molar refractivity (Wildman–Crippen MR) is 161 cm³/mol. The fourth-order valence-corrected chi connectivity index (χ4v) is 6.00. The van der Waals surface area contributed by atoms with Gasteiger partial charge in [0.15, 0.2) is 0 Å². The number of hydrogen-bond acceptors (Lipinski definition) is 4. The van der Waals surface area contributed by atoms with Gasteiger partial charge in [0.05, 0.1) is 0 Å². The zero-order valence-electron chi connectivity index (χ0n) is 23.1. The molecule has 4 rings (SSSR count). The van der Waals surface area contributed by atoms with Gasteiger partial charge >= 0.3 is 5.97 Å². The van der Waals surface area contributed by atoms with Gasteiger partial charge in [0, 0.05) is 24.7 Å². The molecule has 3 aromatic carbocycles. The monoisotopic (exact) mass is 544 g/mol. The lowest BCUT2D eigenvalue weighted by atomic mass is 9.91. The van der Waals surface area contributed by atoms with Crippen LogP contribution >= 0.6 is 11.8 Å². The zero-order chi connectivity index (χ0) is 27.6. The summed E-state index contributed by atoms with van der Waals surface area (Å²) in [5.41, 5.74) is 5.89. The van der Waals surface area contributed by atoms with E-state index < -0.39 is 12.0 Å². The smallest absolute Gasteiger partial charge is 0.326 e. The van der Waals surface area contributed by atoms with E-state index in [0.717, 1.165) is 35.3 Å². The Bertz CT molecular complexity index is 1240. The normalized spacial score (nSPS) is 14.7. The lowest BCUT2D eigenvalue weighted by Crippen LogP contribution is -2.41. The molecule has 1 amide bonds. The average molecular weight is 545 g/mol. The van der Waals surface area contributed by atoms with Crippen molar-refractivity contribution >= 4 is 23.6 Å². The van der Waals surface area contributed by atoms with Crippen molar-refractivity contribution in [2.45, 2.75) is 70.6 Å². The molecular formula is C33H40N2O3S. The number of amides is 1. The standard InChI is InChI=1S/C33H40N2O3S/c1-24-11-9-10-16-28(24)30-21-26(17-18-29(30)32(36)34-31(33(37)38)19-20-39-2)23-35(27-14-7-4-8-15-27)22-25-12-5-3-6-13-25/h3,5-6,9-13,16-18,21,27,31H,4,7-8,14-15,19-20,22-23H2,1-2H3,(H,34,36)(H,37,38)/t31-/m0/s1. The summed E-state index contributed by atoms with van der Waals surface area (Å²) in [6.45, 7) is 3.74. The van der Waals surface area contributed by atoms with Crippen LogP contribution in [0, 0.1) is 6.92 Å². The largest absolute Gasteiger partial charge is 0.480 e. The van der Waals surface area contributed by atoms with Crippen LogP contribution in [0.5, 0.6) is 0 Å². The first-order valence-corrected chi connectivity index (χ1v) is 15.3. The van der Waals surface area contributed by atoms with Crippen molar-refractivity contribution in [2.75, 3.05) is 12.0 Å². The van der Waals surface area contributed by atoms with Gasteiger partial charge in [0.1, 0.15) is 6.04 Å². The number of thioether (sulfide) groups is 1. The topological polar surface area (TPSA) is 69.6 Å². The van der Waals surface area contributed by atoms with Crippen molar-refractivity contribution in [1.82, 2.24) is 10.2 Å². The summed E-state index contributed by atoms with van der Waals surface area (Å²) in [6, 6.07) is 24.4. The van der Waals surface area contributed by atoms with Crippen LogP contribution in [0.25, 0.3) is 11.1 Å². The fraction of sp³-hybridized carbons (Fsp3) is 0.394. The lowest BCUT2D eigenvalue weighted by molar-refractivity contribution is -0.139. The number of benzene rings is 3. The van der Waals surface area contributed by atoms with Crippen LogP contribution in [0.3, 0.4) is 0 Å². The molecule has 0 spiro atoms. The Morgan fingerprint density at radius 3 is 2.31 bits per heavy atom. The SMILES string of the molecule is CSCC[C@H](NC(=O)c1ccc(CN(Cc2ccccc2)C2CCCCC2)cc1-c1ccccc1C)C(=O)O. The maximum absolute atomic E-state index is 13.5. The van der Waals surface area contributed by atoms with Crippen molar-refractivity contribution in [1.29, 1.82) is 0 Å². The van der Waals surface area contributed by atoms with Crippen molar-refractivity contribution < 1.29 is 14.7 Å². The van der Waals surface area contributed by atoms with E-state index in [-0.39, 0.29) is 5.91 Å². The number of carboxylic acids is 1. The first-order chi connectivity index (χ1) is 19.0. The zero-order valence-corrected chi connectivity index (χ0v) is 23.9. The lowest BCUT2D eigenvalue weighted by Gasteiger charge is -2.34. The minimum atomic E-state index is -1.00. The van der Waals surface area contributed by atoms with Gasteiger partial charge in [0.25, 0.3) is 5.91 Å². The summed E-state index contributed by atoms with van der Waals surface area (Å²) in [6.07, 6.45) is 8.59. The Labute approximate surface area is 237 Å². The van der Waals surface area contributed by atoms with Crippen LogP contribution < -0.4 is 5.32 Å². The maximum Gasteiger partial charge on any atom is 0.326 e. The first-order valence-electron chi connectivity index (χ1n) is 14.0. The second kappa shape index (κ2) is 14.3. The van der Waals surface area contributed by atoms with Crippen molar-refractivity contribution in [3.8, 4) is 11.1 Å². The summed E-state index contributed by atoms with van der Waals surface area (Å²) in [5, 5.41) is 12.5. The molecule has 1 saturated carbocycles. The minimum absolute atomic E-state index is 0.346. The molecule has 0 aromatic heterocycles. The summed E-state index contributed by atoms with van der Waals surface area (Å²) >= 11 is 1.57. The summed E-state index contributed by atoms with van der Waals surface area (Å²) in [7, 11) is 0. The van der Waals surface area contributed by atoms with Gasteiger partial charge in [-0.2, -0.15) is 11.8 Å². The summed E-state index contributed by atoms with van der Waals surface area (Å²) in [5.74, 6) is -0.684. The number of rotatable bonds is 12. The molecule has 1 aliphatic rings. The Morgan fingerprint density at radius 2 is 1.62 bits per heavy atom. The van der Waals surface area contributed by atoms with Crippen molar-refractivity contribution in [2.24, 2.45) is 0 Å². The molecule has 0 bridgehead atoms. The highest BCUT2D eigenvalue weighted by atomic mass is 32.2. The number of nitrogens with one attached hydrogen (secondary N) is 1. The van der Waals surface area contributed by atoms with Crippen LogP contribution in [0.2, 0.25) is 0 Å². The fourth-order valence-electron chi connectivity index (χ4n) is 5.53. The minimum Gasteiger partial charge on any atom is -0.480 e. The van der Waals surface area contributed by atoms with Crippen LogP contribution in [0.15, 0.2) is 72.8 Å². The van der Waals surface area contributed by atoms with Gasteiger partial charge in [-0.05, 0) is 78.1 Å². The predicted octanol–water partition coefficient (Wildman–Crippen LogP) is 6.93. The third-order valence-corrected chi connectivity index (χ3v) is 8.33. The van der Waals surface area contributed by atoms with E-state index in [0.29, 0.717) is 23.8 Å². The average Bonchev–Trinajstić information content (AvgIpc) is 2.96. The van der Waals surface area contributed by atoms with E-state index in [4.69, 9.17) is 0 Å². The molecule has 1 aliphatic carbocycles. The Balaban J connectivity index is 1.66. The van der Waals surface area contributed by atoms with E-state index >= 15 is 0 Å². The first kappa shape index (κ1) is 28.9. The second-order valence-electron chi connectivity index (χ2n) is 10.5. The Morgan fingerprint density at radius 1 is 0.923 bits per heavy atom. The maximum atomic E-state index is 13.5. The number of aliphatic carboxylic acids is 1. The van der Waals surface area contributed by atoms with Crippen LogP contribution in [0.4, 0.5) is 0 Å². The number of hydrogen-bond donors (Lipinski definition) is 2. The molecule has 1 fully saturated rings. The third-order valence-electron chi connectivity index (χ3n) is 7.68. The molecule has 0 unspecified atom stereocenters. The van der Waals surface area contributed by atoms with Gasteiger partial charge in [-0.15, -0.1) is 0 Å². The molecule has 206 valence electrons. The molecule has 1 atom stereocenters. The highest BCUT2D eigenvalue weighted by molar-refractivity contribution is 7.98. The Kier molecular flexibility index (Phi) is 10.6. The van der Waals surface area contributed by atoms with Crippen molar-refractivity contribution in [3.05, 3.63) is 95.1 Å². The third kappa shape index (κ3) is 7.96.